The van der Waals surface area contributed by atoms with E-state index in [1.54, 1.807) is 13.0 Å². The van der Waals surface area contributed by atoms with E-state index in [1.807, 2.05) is 42.7 Å². The first-order valence-corrected chi connectivity index (χ1v) is 13.7. The van der Waals surface area contributed by atoms with Crippen LogP contribution in [0.15, 0.2) is 42.1 Å². The minimum Gasteiger partial charge on any atom is -0.483 e. The van der Waals surface area contributed by atoms with Gasteiger partial charge in [0, 0.05) is 11.4 Å². The summed E-state index contributed by atoms with van der Waals surface area (Å²) >= 11 is 2.75. The molecule has 0 fully saturated rings. The Balaban J connectivity index is 1.44. The van der Waals surface area contributed by atoms with Crippen LogP contribution in [0.3, 0.4) is 0 Å². The molecule has 1 aromatic carbocycles. The van der Waals surface area contributed by atoms with Crippen molar-refractivity contribution in [3.8, 4) is 5.75 Å². The minimum absolute atomic E-state index is 0.118. The number of esters is 1. The molecule has 1 N–H and O–H groups in total. The average Bonchev–Trinajstić information content (AvgIpc) is 3.53. The monoisotopic (exact) mass is 526 g/mol. The second-order valence-corrected chi connectivity index (χ2v) is 10.5. The molecule has 0 radical (unpaired) electrons. The maximum Gasteiger partial charge on any atom is 0.341 e. The van der Waals surface area contributed by atoms with E-state index in [9.17, 15) is 9.59 Å². The lowest BCUT2D eigenvalue weighted by Crippen LogP contribution is -2.17. The Kier molecular flexibility index (Phi) is 8.48. The van der Waals surface area contributed by atoms with Crippen LogP contribution in [0.1, 0.15) is 58.6 Å². The van der Waals surface area contributed by atoms with Gasteiger partial charge in [0.15, 0.2) is 17.1 Å². The zero-order valence-corrected chi connectivity index (χ0v) is 22.3. The number of nitrogens with zero attached hydrogens (tertiary/aromatic N) is 3. The van der Waals surface area contributed by atoms with Crippen molar-refractivity contribution in [3.63, 3.8) is 0 Å². The molecule has 0 bridgehead atoms. The van der Waals surface area contributed by atoms with Crippen LogP contribution < -0.4 is 10.1 Å². The number of ether oxygens (including phenoxy) is 2. The van der Waals surface area contributed by atoms with Gasteiger partial charge in [0.25, 0.3) is 0 Å². The standard InChI is InChI=1S/C26H30N4O4S2/c1-5-13-30-23(17(4)34-18-10-7-9-16(3)14-18)28-29-26(30)35-15-21(31)27-24-22(25(32)33-6-2)19-11-8-12-20(19)36-24/h5,7,9-10,14,17H,1,6,8,11-13,15H2,2-4H3,(H,27,31). The third kappa shape index (κ3) is 5.82. The molecule has 3 aromatic rings. The van der Waals surface area contributed by atoms with E-state index in [1.165, 1.54) is 23.1 Å². The number of allylic oxidation sites excluding steroid dienone is 1. The number of benzene rings is 1. The van der Waals surface area contributed by atoms with Gasteiger partial charge in [0.05, 0.1) is 17.9 Å². The van der Waals surface area contributed by atoms with Crippen LogP contribution in [0.5, 0.6) is 5.75 Å². The van der Waals surface area contributed by atoms with Crippen molar-refractivity contribution in [1.82, 2.24) is 14.8 Å². The van der Waals surface area contributed by atoms with Crippen molar-refractivity contribution in [3.05, 3.63) is 64.3 Å². The number of thiophene rings is 1. The first-order valence-electron chi connectivity index (χ1n) is 11.9. The van der Waals surface area contributed by atoms with Gasteiger partial charge < -0.3 is 14.8 Å². The number of fused-ring (bicyclic) bond motifs is 1. The van der Waals surface area contributed by atoms with Crippen molar-refractivity contribution in [2.45, 2.75) is 57.8 Å². The maximum atomic E-state index is 12.8. The topological polar surface area (TPSA) is 95.3 Å². The summed E-state index contributed by atoms with van der Waals surface area (Å²) in [5.74, 6) is 0.929. The predicted molar refractivity (Wildman–Crippen MR) is 142 cm³/mol. The summed E-state index contributed by atoms with van der Waals surface area (Å²) in [6.07, 6.45) is 4.19. The Hall–Kier alpha value is -3.11. The number of aryl methyl sites for hydroxylation is 2. The molecule has 36 heavy (non-hydrogen) atoms. The molecule has 10 heteroatoms. The van der Waals surface area contributed by atoms with Crippen LogP contribution in [0.25, 0.3) is 0 Å². The van der Waals surface area contributed by atoms with E-state index in [0.717, 1.165) is 41.0 Å². The summed E-state index contributed by atoms with van der Waals surface area (Å²) in [6, 6.07) is 7.83. The number of hydrogen-bond donors (Lipinski definition) is 1. The van der Waals surface area contributed by atoms with Crippen molar-refractivity contribution < 1.29 is 19.1 Å². The van der Waals surface area contributed by atoms with Crippen LogP contribution >= 0.6 is 23.1 Å². The van der Waals surface area contributed by atoms with Gasteiger partial charge in [0.1, 0.15) is 10.8 Å². The Morgan fingerprint density at radius 2 is 2.17 bits per heavy atom. The normalized spacial score (nSPS) is 13.2. The molecule has 1 atom stereocenters. The largest absolute Gasteiger partial charge is 0.483 e. The van der Waals surface area contributed by atoms with Gasteiger partial charge in [0.2, 0.25) is 5.91 Å². The lowest BCUT2D eigenvalue weighted by atomic mass is 10.1. The Morgan fingerprint density at radius 1 is 1.33 bits per heavy atom. The Labute approximate surface area is 219 Å². The summed E-state index contributed by atoms with van der Waals surface area (Å²) < 4.78 is 13.2. The molecule has 8 nitrogen and oxygen atoms in total. The highest BCUT2D eigenvalue weighted by molar-refractivity contribution is 7.99. The molecule has 0 saturated heterocycles. The van der Waals surface area contributed by atoms with Gasteiger partial charge in [-0.3, -0.25) is 9.36 Å². The third-order valence-electron chi connectivity index (χ3n) is 5.71. The van der Waals surface area contributed by atoms with Crippen molar-refractivity contribution in [2.75, 3.05) is 17.7 Å². The number of anilines is 1. The summed E-state index contributed by atoms with van der Waals surface area (Å²) in [5.41, 5.74) is 2.63. The second-order valence-electron chi connectivity index (χ2n) is 8.44. The van der Waals surface area contributed by atoms with Crippen molar-refractivity contribution >= 4 is 40.0 Å². The van der Waals surface area contributed by atoms with Gasteiger partial charge in [-0.1, -0.05) is 30.0 Å². The number of hydrogen-bond acceptors (Lipinski definition) is 8. The van der Waals surface area contributed by atoms with Crippen molar-refractivity contribution in [1.29, 1.82) is 0 Å². The van der Waals surface area contributed by atoms with E-state index < -0.39 is 0 Å². The number of aromatic nitrogens is 3. The van der Waals surface area contributed by atoms with Crippen LogP contribution in [-0.4, -0.2) is 39.0 Å². The van der Waals surface area contributed by atoms with E-state index >= 15 is 0 Å². The fourth-order valence-electron chi connectivity index (χ4n) is 4.16. The molecular weight excluding hydrogens is 496 g/mol. The Morgan fingerprint density at radius 3 is 2.92 bits per heavy atom. The van der Waals surface area contributed by atoms with Crippen LogP contribution in [0.4, 0.5) is 5.00 Å². The van der Waals surface area contributed by atoms with Crippen LogP contribution in [0, 0.1) is 6.92 Å². The first-order chi connectivity index (χ1) is 17.4. The summed E-state index contributed by atoms with van der Waals surface area (Å²) in [5, 5.41) is 12.7. The van der Waals surface area contributed by atoms with E-state index in [-0.39, 0.29) is 23.7 Å². The third-order valence-corrected chi connectivity index (χ3v) is 7.88. The molecule has 1 aliphatic rings. The van der Waals surface area contributed by atoms with Crippen LogP contribution in [-0.2, 0) is 28.9 Å². The zero-order chi connectivity index (χ0) is 25.7. The summed E-state index contributed by atoms with van der Waals surface area (Å²) in [4.78, 5) is 26.6. The lowest BCUT2D eigenvalue weighted by molar-refractivity contribution is -0.113. The number of thioether (sulfide) groups is 1. The van der Waals surface area contributed by atoms with Gasteiger partial charge in [-0.15, -0.1) is 28.1 Å². The molecule has 1 aliphatic carbocycles. The molecule has 1 amide bonds. The van der Waals surface area contributed by atoms with E-state index in [2.05, 4.69) is 22.1 Å². The smallest absolute Gasteiger partial charge is 0.341 e. The number of amides is 1. The molecule has 1 unspecified atom stereocenters. The summed E-state index contributed by atoms with van der Waals surface area (Å²) in [6.45, 7) is 10.3. The molecule has 2 heterocycles. The fraction of sp³-hybridized carbons (Fsp3) is 0.385. The molecular formula is C26H30N4O4S2. The molecule has 0 spiro atoms. The van der Waals surface area contributed by atoms with Gasteiger partial charge in [-0.05, 0) is 63.3 Å². The fourth-order valence-corrected chi connectivity index (χ4v) is 6.21. The van der Waals surface area contributed by atoms with Crippen LogP contribution in [0.2, 0.25) is 0 Å². The molecule has 0 saturated carbocycles. The van der Waals surface area contributed by atoms with Crippen molar-refractivity contribution in [2.24, 2.45) is 0 Å². The van der Waals surface area contributed by atoms with E-state index in [4.69, 9.17) is 9.47 Å². The SMILES string of the molecule is C=CCn1c(SCC(=O)Nc2sc3c(c2C(=O)OCC)CCC3)nnc1C(C)Oc1cccc(C)c1. The quantitative estimate of drug-likeness (QED) is 0.204. The number of nitrogens with one attached hydrogen (secondary N) is 1. The number of carbonyl (C=O) groups is 2. The highest BCUT2D eigenvalue weighted by atomic mass is 32.2. The van der Waals surface area contributed by atoms with Gasteiger partial charge >= 0.3 is 5.97 Å². The maximum absolute atomic E-state index is 12.8. The van der Waals surface area contributed by atoms with Gasteiger partial charge in [-0.2, -0.15) is 0 Å². The molecule has 2 aromatic heterocycles. The average molecular weight is 527 g/mol. The summed E-state index contributed by atoms with van der Waals surface area (Å²) in [7, 11) is 0. The minimum atomic E-state index is -0.377. The molecule has 190 valence electrons. The highest BCUT2D eigenvalue weighted by Gasteiger charge is 2.28. The molecule has 0 aliphatic heterocycles. The van der Waals surface area contributed by atoms with Gasteiger partial charge in [-0.25, -0.2) is 4.79 Å². The zero-order valence-electron chi connectivity index (χ0n) is 20.7. The number of carbonyl (C=O) groups excluding carboxylic acids is 2. The molecule has 4 rings (SSSR count). The highest BCUT2D eigenvalue weighted by Crippen LogP contribution is 2.39. The lowest BCUT2D eigenvalue weighted by Gasteiger charge is -2.16. The number of rotatable bonds is 11. The van der Waals surface area contributed by atoms with E-state index in [0.29, 0.717) is 34.7 Å². The first kappa shape index (κ1) is 26.0. The second kappa shape index (κ2) is 11.7. The Bertz CT molecular complexity index is 1270. The predicted octanol–water partition coefficient (Wildman–Crippen LogP) is 5.37.